The Bertz CT molecular complexity index is 4420. The predicted octanol–water partition coefficient (Wildman–Crippen LogP) is 20.0. The second-order valence-electron chi connectivity index (χ2n) is 19.9. The first kappa shape index (κ1) is 44.0. The van der Waals surface area contributed by atoms with E-state index in [4.69, 9.17) is 0 Å². The van der Waals surface area contributed by atoms with Gasteiger partial charge in [-0.1, -0.05) is 224 Å². The first-order valence-electron chi connectivity index (χ1n) is 26.2. The van der Waals surface area contributed by atoms with Crippen molar-refractivity contribution in [2.75, 3.05) is 4.90 Å². The van der Waals surface area contributed by atoms with E-state index in [1.807, 2.05) is 11.3 Å². The van der Waals surface area contributed by atoms with Crippen molar-refractivity contribution in [2.24, 2.45) is 0 Å². The van der Waals surface area contributed by atoms with Crippen LogP contribution in [0.2, 0.25) is 0 Å². The van der Waals surface area contributed by atoms with E-state index in [1.54, 1.807) is 0 Å². The molecule has 1 aliphatic carbocycles. The zero-order chi connectivity index (χ0) is 50.2. The molecule has 0 atom stereocenters. The number of aromatic nitrogens is 1. The van der Waals surface area contributed by atoms with Crippen LogP contribution >= 0.6 is 11.3 Å². The number of hydrogen-bond acceptors (Lipinski definition) is 2. The van der Waals surface area contributed by atoms with Crippen molar-refractivity contribution < 1.29 is 0 Å². The number of rotatable bonds is 9. The smallest absolute Gasteiger partial charge is 0.0714 e. The average Bonchev–Trinajstić information content (AvgIpc) is 4.32. The van der Waals surface area contributed by atoms with Crippen LogP contribution in [0.3, 0.4) is 0 Å². The molecule has 0 fully saturated rings. The number of para-hydroxylation sites is 1. The van der Waals surface area contributed by atoms with Gasteiger partial charge in [0, 0.05) is 59.3 Å². The molecule has 2 heterocycles. The molecule has 0 spiro atoms. The van der Waals surface area contributed by atoms with Crippen LogP contribution in [-0.4, -0.2) is 4.57 Å². The van der Waals surface area contributed by atoms with Gasteiger partial charge in [0.15, 0.2) is 0 Å². The number of thiophene rings is 1. The van der Waals surface area contributed by atoms with Crippen molar-refractivity contribution in [1.29, 1.82) is 0 Å². The fourth-order valence-corrected chi connectivity index (χ4v) is 13.7. The highest BCUT2D eigenvalue weighted by Gasteiger charge is 2.46. The Kier molecular flexibility index (Phi) is 10.3. The molecule has 14 aromatic rings. The molecule has 3 heteroatoms. The fourth-order valence-electron chi connectivity index (χ4n) is 12.5. The molecule has 15 rings (SSSR count). The lowest BCUT2D eigenvalue weighted by Gasteiger charge is -2.35. The number of benzene rings is 12. The third kappa shape index (κ3) is 6.86. The van der Waals surface area contributed by atoms with Gasteiger partial charge in [0.1, 0.15) is 0 Å². The normalized spacial score (nSPS) is 12.6. The van der Waals surface area contributed by atoms with E-state index in [0.717, 1.165) is 22.7 Å². The highest BCUT2D eigenvalue weighted by Crippen LogP contribution is 2.57. The van der Waals surface area contributed by atoms with E-state index in [2.05, 4.69) is 301 Å². The van der Waals surface area contributed by atoms with Gasteiger partial charge in [-0.3, -0.25) is 0 Å². The maximum atomic E-state index is 2.49. The lowest BCUT2D eigenvalue weighted by molar-refractivity contribution is 0.768. The Hall–Kier alpha value is -9.54. The summed E-state index contributed by atoms with van der Waals surface area (Å²) >= 11 is 1.89. The van der Waals surface area contributed by atoms with E-state index in [1.165, 1.54) is 109 Å². The summed E-state index contributed by atoms with van der Waals surface area (Å²) in [6.07, 6.45) is 0. The largest absolute Gasteiger partial charge is 0.310 e. The molecule has 0 saturated heterocycles. The number of fused-ring (bicyclic) bond motifs is 10. The van der Waals surface area contributed by atoms with Gasteiger partial charge in [0.25, 0.3) is 0 Å². The second kappa shape index (κ2) is 17.8. The molecule has 0 unspecified atom stereocenters. The van der Waals surface area contributed by atoms with Gasteiger partial charge < -0.3 is 9.47 Å². The number of nitrogens with zero attached hydrogens (tertiary/aromatic N) is 2. The highest BCUT2D eigenvalue weighted by molar-refractivity contribution is 7.26. The molecule has 0 radical (unpaired) electrons. The van der Waals surface area contributed by atoms with E-state index in [0.29, 0.717) is 0 Å². The van der Waals surface area contributed by atoms with Crippen LogP contribution in [0.15, 0.2) is 291 Å². The maximum Gasteiger partial charge on any atom is 0.0714 e. The molecule has 356 valence electrons. The summed E-state index contributed by atoms with van der Waals surface area (Å²) in [4.78, 5) is 2.44. The lowest BCUT2D eigenvalue weighted by Crippen LogP contribution is -2.28. The molecule has 2 nitrogen and oxygen atoms in total. The third-order valence-electron chi connectivity index (χ3n) is 15.9. The molecule has 0 amide bonds. The SMILES string of the molecule is c1ccc(-c2ccc(N(c3ccc(-c4cc5c6ccccc6n(-c6ccc(-c7ccccc7)cc6)c5c5c4sc4ccccc45)cc3)c3ccc4c(c3)C(c3ccccc3)(c3ccccc3)c3ccccc3-4)cc2)cc1. The summed E-state index contributed by atoms with van der Waals surface area (Å²) in [6.45, 7) is 0. The summed E-state index contributed by atoms with van der Waals surface area (Å²) < 4.78 is 5.06. The summed E-state index contributed by atoms with van der Waals surface area (Å²) in [5.74, 6) is 0. The molecule has 0 bridgehead atoms. The standard InChI is InChI=1S/C73H48N2S/c1-5-19-49(20-6-1)51-33-39-56(40-34-51)74(59-45-46-61-60-27-13-16-30-66(60)73(67(61)47-59,54-23-9-3-10-24-54)55-25-11-4-12-26-55)57-43-37-53(38-44-57)64-48-65-62-28-14-17-31-68(62)75(58-41-35-52(36-42-58)50-21-7-2-8-22-50)71(65)70-63-29-15-18-32-69(63)76-72(64)70/h1-48H. The molecular formula is C73H48N2S. The Balaban J connectivity index is 0.916. The summed E-state index contributed by atoms with van der Waals surface area (Å²) in [5, 5.41) is 5.06. The van der Waals surface area contributed by atoms with Crippen LogP contribution in [0, 0.1) is 0 Å². The van der Waals surface area contributed by atoms with E-state index >= 15 is 0 Å². The minimum absolute atomic E-state index is 0.528. The average molecular weight is 985 g/mol. The first-order chi connectivity index (χ1) is 37.7. The molecule has 1 aliphatic rings. The van der Waals surface area contributed by atoms with Crippen molar-refractivity contribution in [2.45, 2.75) is 5.41 Å². The van der Waals surface area contributed by atoms with Crippen molar-refractivity contribution in [3.05, 3.63) is 313 Å². The van der Waals surface area contributed by atoms with Gasteiger partial charge in [-0.25, -0.2) is 0 Å². The zero-order valence-electron chi connectivity index (χ0n) is 41.5. The van der Waals surface area contributed by atoms with E-state index in [-0.39, 0.29) is 0 Å². The Morgan fingerprint density at radius 2 is 0.816 bits per heavy atom. The lowest BCUT2D eigenvalue weighted by atomic mass is 9.67. The topological polar surface area (TPSA) is 8.17 Å². The molecular weight excluding hydrogens is 937 g/mol. The molecule has 0 aliphatic heterocycles. The van der Waals surface area contributed by atoms with Crippen LogP contribution in [0.25, 0.3) is 92.2 Å². The van der Waals surface area contributed by atoms with Crippen molar-refractivity contribution in [1.82, 2.24) is 4.57 Å². The van der Waals surface area contributed by atoms with Gasteiger partial charge in [-0.15, -0.1) is 11.3 Å². The number of hydrogen-bond donors (Lipinski definition) is 0. The maximum absolute atomic E-state index is 2.49. The van der Waals surface area contributed by atoms with Crippen LogP contribution < -0.4 is 4.90 Å². The molecule has 76 heavy (non-hydrogen) atoms. The summed E-state index contributed by atoms with van der Waals surface area (Å²) in [5.41, 5.74) is 21.2. The minimum Gasteiger partial charge on any atom is -0.310 e. The third-order valence-corrected chi connectivity index (χ3v) is 17.1. The molecule has 0 saturated carbocycles. The summed E-state index contributed by atoms with van der Waals surface area (Å²) in [7, 11) is 0. The van der Waals surface area contributed by atoms with Gasteiger partial charge in [0.2, 0.25) is 0 Å². The zero-order valence-corrected chi connectivity index (χ0v) is 42.3. The number of anilines is 3. The molecule has 0 N–H and O–H groups in total. The van der Waals surface area contributed by atoms with Crippen LogP contribution in [0.1, 0.15) is 22.3 Å². The quantitative estimate of drug-likeness (QED) is 0.140. The molecule has 2 aromatic heterocycles. The summed E-state index contributed by atoms with van der Waals surface area (Å²) in [6, 6.07) is 107. The monoisotopic (exact) mass is 984 g/mol. The minimum atomic E-state index is -0.528. The van der Waals surface area contributed by atoms with Crippen LogP contribution in [0.4, 0.5) is 17.1 Å². The van der Waals surface area contributed by atoms with Crippen LogP contribution in [0.5, 0.6) is 0 Å². The van der Waals surface area contributed by atoms with Gasteiger partial charge in [-0.2, -0.15) is 0 Å². The molecule has 12 aromatic carbocycles. The van der Waals surface area contributed by atoms with E-state index < -0.39 is 5.41 Å². The highest BCUT2D eigenvalue weighted by atomic mass is 32.1. The fraction of sp³-hybridized carbons (Fsp3) is 0.0137. The van der Waals surface area contributed by atoms with Crippen LogP contribution in [-0.2, 0) is 5.41 Å². The van der Waals surface area contributed by atoms with Crippen molar-refractivity contribution in [3.8, 4) is 50.2 Å². The van der Waals surface area contributed by atoms with Crippen molar-refractivity contribution >= 4 is 70.4 Å². The van der Waals surface area contributed by atoms with E-state index in [9.17, 15) is 0 Å². The van der Waals surface area contributed by atoms with Gasteiger partial charge in [0.05, 0.1) is 16.4 Å². The Morgan fingerprint density at radius 3 is 1.46 bits per heavy atom. The van der Waals surface area contributed by atoms with Gasteiger partial charge >= 0.3 is 0 Å². The predicted molar refractivity (Wildman–Crippen MR) is 322 cm³/mol. The van der Waals surface area contributed by atoms with Gasteiger partial charge in [-0.05, 0) is 128 Å². The van der Waals surface area contributed by atoms with Crippen molar-refractivity contribution in [3.63, 3.8) is 0 Å². The Labute approximate surface area is 446 Å². The Morgan fingerprint density at radius 1 is 0.329 bits per heavy atom. The first-order valence-corrected chi connectivity index (χ1v) is 27.0. The second-order valence-corrected chi connectivity index (χ2v) is 21.0.